The number of aromatic nitrogens is 2. The van der Waals surface area contributed by atoms with Gasteiger partial charge < -0.3 is 15.1 Å². The molecule has 3 aromatic rings. The maximum Gasteiger partial charge on any atom is 0.248 e. The van der Waals surface area contributed by atoms with E-state index in [1.165, 1.54) is 6.07 Å². The second kappa shape index (κ2) is 8.31. The zero-order chi connectivity index (χ0) is 22.2. The van der Waals surface area contributed by atoms with Crippen LogP contribution in [0.4, 0.5) is 15.9 Å². The zero-order valence-electron chi connectivity index (χ0n) is 17.3. The van der Waals surface area contributed by atoms with Gasteiger partial charge in [0.15, 0.2) is 0 Å². The second-order valence-corrected chi connectivity index (χ2v) is 8.36. The van der Waals surface area contributed by atoms with Gasteiger partial charge in [-0.1, -0.05) is 24.3 Å². The van der Waals surface area contributed by atoms with Gasteiger partial charge in [-0.05, 0) is 42.9 Å². The van der Waals surface area contributed by atoms with Gasteiger partial charge in [0.25, 0.3) is 0 Å². The third kappa shape index (κ3) is 3.62. The largest absolute Gasteiger partial charge is 0.366 e. The lowest BCUT2D eigenvalue weighted by Gasteiger charge is -2.36. The summed E-state index contributed by atoms with van der Waals surface area (Å²) in [7, 11) is 0. The molecule has 1 saturated heterocycles. The summed E-state index contributed by atoms with van der Waals surface area (Å²) in [6.07, 6.45) is 0.575. The van der Waals surface area contributed by atoms with Crippen LogP contribution < -0.4 is 10.2 Å². The first kappa shape index (κ1) is 20.6. The first-order valence-corrected chi connectivity index (χ1v) is 11.0. The molecule has 9 heteroatoms. The molecule has 1 unspecified atom stereocenters. The molecule has 2 aliphatic heterocycles. The number of rotatable bonds is 4. The Morgan fingerprint density at radius 3 is 2.59 bits per heavy atom. The van der Waals surface area contributed by atoms with Crippen LogP contribution in [0.2, 0.25) is 0 Å². The highest BCUT2D eigenvalue weighted by molar-refractivity contribution is 7.71. The highest BCUT2D eigenvalue weighted by Gasteiger charge is 2.33. The minimum absolute atomic E-state index is 0.0142. The normalized spacial score (nSPS) is 18.0. The van der Waals surface area contributed by atoms with Gasteiger partial charge in [0, 0.05) is 38.0 Å². The molecule has 0 bridgehead atoms. The van der Waals surface area contributed by atoms with Crippen LogP contribution in [0.25, 0.3) is 10.9 Å². The number of benzene rings is 2. The summed E-state index contributed by atoms with van der Waals surface area (Å²) >= 11 is 5.44. The molecular formula is C23H22FN5O2S. The quantitative estimate of drug-likeness (QED) is 0.615. The van der Waals surface area contributed by atoms with Gasteiger partial charge in [-0.2, -0.15) is 0 Å². The van der Waals surface area contributed by atoms with Crippen LogP contribution >= 0.6 is 12.2 Å². The van der Waals surface area contributed by atoms with E-state index < -0.39 is 6.04 Å². The fourth-order valence-electron chi connectivity index (χ4n) is 4.47. The molecule has 32 heavy (non-hydrogen) atoms. The molecule has 1 fully saturated rings. The Morgan fingerprint density at radius 2 is 1.81 bits per heavy atom. The van der Waals surface area contributed by atoms with Gasteiger partial charge in [0.1, 0.15) is 17.7 Å². The van der Waals surface area contributed by atoms with Crippen LogP contribution in [-0.4, -0.2) is 52.4 Å². The Balaban J connectivity index is 1.25. The van der Waals surface area contributed by atoms with E-state index in [0.717, 1.165) is 10.9 Å². The minimum Gasteiger partial charge on any atom is -0.366 e. The smallest absolute Gasteiger partial charge is 0.248 e. The first-order chi connectivity index (χ1) is 15.5. The van der Waals surface area contributed by atoms with Crippen molar-refractivity contribution in [3.63, 3.8) is 0 Å². The number of halogens is 1. The lowest BCUT2D eigenvalue weighted by Crippen LogP contribution is -2.49. The average Bonchev–Trinajstić information content (AvgIpc) is 3.15. The van der Waals surface area contributed by atoms with E-state index in [2.05, 4.69) is 10.3 Å². The Kier molecular flexibility index (Phi) is 5.34. The van der Waals surface area contributed by atoms with Crippen LogP contribution in [0, 0.1) is 10.6 Å². The zero-order valence-corrected chi connectivity index (χ0v) is 18.1. The fraction of sp³-hybridized carbons (Fsp3) is 0.304. The molecule has 0 spiro atoms. The molecule has 164 valence electrons. The molecular weight excluding hydrogens is 429 g/mol. The van der Waals surface area contributed by atoms with Crippen LogP contribution in [0.3, 0.4) is 0 Å². The number of hydrogen-bond acceptors (Lipinski definition) is 5. The SMILES string of the molecule is O=C1Nc2c3ccccc3nc(=S)n2C1CCC(=O)N1CCN(c2ccccc2F)CC1. The van der Waals surface area contributed by atoms with Crippen molar-refractivity contribution >= 4 is 46.4 Å². The minimum atomic E-state index is -0.557. The molecule has 1 N–H and O–H groups in total. The van der Waals surface area contributed by atoms with E-state index in [0.29, 0.717) is 48.9 Å². The number of anilines is 2. The van der Waals surface area contributed by atoms with E-state index in [-0.39, 0.29) is 24.1 Å². The second-order valence-electron chi connectivity index (χ2n) is 7.99. The van der Waals surface area contributed by atoms with E-state index in [4.69, 9.17) is 12.2 Å². The topological polar surface area (TPSA) is 70.5 Å². The van der Waals surface area contributed by atoms with Gasteiger partial charge in [0.05, 0.1) is 11.2 Å². The molecule has 3 heterocycles. The van der Waals surface area contributed by atoms with Crippen molar-refractivity contribution in [2.75, 3.05) is 36.4 Å². The summed E-state index contributed by atoms with van der Waals surface area (Å²) in [6.45, 7) is 2.18. The maximum atomic E-state index is 14.0. The Morgan fingerprint density at radius 1 is 1.09 bits per heavy atom. The average molecular weight is 452 g/mol. The number of nitrogens with one attached hydrogen (secondary N) is 1. The first-order valence-electron chi connectivity index (χ1n) is 10.6. The molecule has 0 aliphatic carbocycles. The number of amides is 2. The highest BCUT2D eigenvalue weighted by Crippen LogP contribution is 2.33. The number of piperazine rings is 1. The third-order valence-electron chi connectivity index (χ3n) is 6.14. The maximum absolute atomic E-state index is 14.0. The molecule has 2 aliphatic rings. The third-order valence-corrected chi connectivity index (χ3v) is 6.42. The van der Waals surface area contributed by atoms with E-state index in [9.17, 15) is 14.0 Å². The number of hydrogen-bond donors (Lipinski definition) is 1. The summed E-state index contributed by atoms with van der Waals surface area (Å²) < 4.78 is 16.1. The summed E-state index contributed by atoms with van der Waals surface area (Å²) in [5, 5.41) is 3.74. The Bertz CT molecular complexity index is 1270. The van der Waals surface area contributed by atoms with Crippen molar-refractivity contribution in [1.82, 2.24) is 14.5 Å². The molecule has 5 rings (SSSR count). The Hall–Kier alpha value is -3.33. The van der Waals surface area contributed by atoms with Gasteiger partial charge in [-0.25, -0.2) is 9.37 Å². The van der Waals surface area contributed by atoms with Crippen molar-refractivity contribution in [2.24, 2.45) is 0 Å². The van der Waals surface area contributed by atoms with Gasteiger partial charge in [-0.15, -0.1) is 0 Å². The summed E-state index contributed by atoms with van der Waals surface area (Å²) in [5.74, 6) is 0.198. The van der Waals surface area contributed by atoms with Crippen LogP contribution in [0.5, 0.6) is 0 Å². The molecule has 0 saturated carbocycles. The number of para-hydroxylation sites is 2. The van der Waals surface area contributed by atoms with E-state index >= 15 is 0 Å². The molecule has 0 radical (unpaired) electrons. The van der Waals surface area contributed by atoms with Crippen LogP contribution in [0.1, 0.15) is 18.9 Å². The van der Waals surface area contributed by atoms with E-state index in [1.807, 2.05) is 35.2 Å². The summed E-state index contributed by atoms with van der Waals surface area (Å²) in [4.78, 5) is 33.7. The molecule has 2 aromatic carbocycles. The van der Waals surface area contributed by atoms with Gasteiger partial charge in [0.2, 0.25) is 16.6 Å². The van der Waals surface area contributed by atoms with Gasteiger partial charge >= 0.3 is 0 Å². The predicted octanol–water partition coefficient (Wildman–Crippen LogP) is 3.53. The Labute approximate surface area is 189 Å². The number of carbonyl (C=O) groups excluding carboxylic acids is 2. The standard InChI is InChI=1S/C23H22FN5O2S/c24-16-6-2-4-8-18(16)27-11-13-28(14-12-27)20(30)10-9-19-22(31)26-21-15-5-1-3-7-17(15)25-23(32)29(19)21/h1-8,19H,9-14H2,(H,26,31). The molecule has 2 amide bonds. The number of nitrogens with zero attached hydrogens (tertiary/aromatic N) is 4. The van der Waals surface area contributed by atoms with Gasteiger partial charge in [-0.3, -0.25) is 14.2 Å². The molecule has 1 aromatic heterocycles. The fourth-order valence-corrected chi connectivity index (χ4v) is 4.79. The van der Waals surface area contributed by atoms with Crippen LogP contribution in [-0.2, 0) is 9.59 Å². The number of fused-ring (bicyclic) bond motifs is 3. The van der Waals surface area contributed by atoms with Crippen molar-refractivity contribution in [3.8, 4) is 0 Å². The van der Waals surface area contributed by atoms with Crippen LogP contribution in [0.15, 0.2) is 48.5 Å². The summed E-state index contributed by atoms with van der Waals surface area (Å²) in [5.41, 5.74) is 1.29. The van der Waals surface area contributed by atoms with Crippen molar-refractivity contribution in [3.05, 3.63) is 59.1 Å². The highest BCUT2D eigenvalue weighted by atomic mass is 32.1. The van der Waals surface area contributed by atoms with E-state index in [1.54, 1.807) is 21.6 Å². The monoisotopic (exact) mass is 451 g/mol. The van der Waals surface area contributed by atoms with Crippen molar-refractivity contribution in [1.29, 1.82) is 0 Å². The molecule has 7 nitrogen and oxygen atoms in total. The predicted molar refractivity (Wildman–Crippen MR) is 123 cm³/mol. The molecule has 1 atom stereocenters. The number of carbonyl (C=O) groups is 2. The lowest BCUT2D eigenvalue weighted by atomic mass is 10.1. The van der Waals surface area contributed by atoms with Crippen molar-refractivity contribution in [2.45, 2.75) is 18.9 Å². The van der Waals surface area contributed by atoms with Crippen molar-refractivity contribution < 1.29 is 14.0 Å². The lowest BCUT2D eigenvalue weighted by molar-refractivity contribution is -0.131. The summed E-state index contributed by atoms with van der Waals surface area (Å²) in [6, 6.07) is 13.6.